The first kappa shape index (κ1) is 11.5. The van der Waals surface area contributed by atoms with Crippen LogP contribution in [-0.4, -0.2) is 18.0 Å². The number of rotatable bonds is 2. The van der Waals surface area contributed by atoms with E-state index < -0.39 is 16.6 Å². The molecule has 1 aromatic carbocycles. The van der Waals surface area contributed by atoms with Gasteiger partial charge in [0.2, 0.25) is 0 Å². The maximum atomic E-state index is 11.2. The highest BCUT2D eigenvalue weighted by molar-refractivity contribution is 5.94. The van der Waals surface area contributed by atoms with Crippen LogP contribution in [-0.2, 0) is 4.74 Å². The van der Waals surface area contributed by atoms with Crippen LogP contribution >= 0.6 is 0 Å². The molecule has 0 fully saturated rings. The van der Waals surface area contributed by atoms with Crippen LogP contribution in [0.1, 0.15) is 15.9 Å². The van der Waals surface area contributed by atoms with Gasteiger partial charge in [-0.15, -0.1) is 0 Å². The number of esters is 1. The van der Waals surface area contributed by atoms with Crippen LogP contribution in [0.4, 0.5) is 11.4 Å². The summed E-state index contributed by atoms with van der Waals surface area (Å²) in [7, 11) is 1.14. The molecule has 82 valence electrons. The average Bonchev–Trinajstić information content (AvgIpc) is 2.27. The summed E-state index contributed by atoms with van der Waals surface area (Å²) < 4.78 is 4.42. The lowest BCUT2D eigenvalue weighted by Gasteiger charge is -2.03. The minimum atomic E-state index is -0.766. The molecular weight excluding hydrogens is 214 g/mol. The number of nitrogen functional groups attached to an aromatic ring is 1. The minimum Gasteiger partial charge on any atom is -0.465 e. The lowest BCUT2D eigenvalue weighted by Crippen LogP contribution is -2.07. The molecular formula is C9H7N3O4. The second-order valence-corrected chi connectivity index (χ2v) is 2.82. The SMILES string of the molecule is COC(=O)c1cc(N)c([N+](=O)[O-])cc1C#N. The number of hydrogen-bond donors (Lipinski definition) is 1. The van der Waals surface area contributed by atoms with Gasteiger partial charge in [-0.2, -0.15) is 5.26 Å². The number of anilines is 1. The van der Waals surface area contributed by atoms with E-state index in [0.717, 1.165) is 19.2 Å². The van der Waals surface area contributed by atoms with Gasteiger partial charge in [0.05, 0.1) is 23.2 Å². The highest BCUT2D eigenvalue weighted by Gasteiger charge is 2.20. The summed E-state index contributed by atoms with van der Waals surface area (Å²) in [5, 5.41) is 19.3. The van der Waals surface area contributed by atoms with E-state index in [0.29, 0.717) is 0 Å². The fourth-order valence-electron chi connectivity index (χ4n) is 1.13. The molecule has 7 heteroatoms. The fraction of sp³-hybridized carbons (Fsp3) is 0.111. The molecule has 0 aliphatic carbocycles. The Labute approximate surface area is 90.2 Å². The van der Waals surface area contributed by atoms with Gasteiger partial charge in [-0.25, -0.2) is 4.79 Å². The Bertz CT molecular complexity index is 504. The number of hydrogen-bond acceptors (Lipinski definition) is 6. The molecule has 1 aromatic rings. The Hall–Kier alpha value is -2.62. The summed E-state index contributed by atoms with van der Waals surface area (Å²) in [5.41, 5.74) is 4.54. The van der Waals surface area contributed by atoms with E-state index in [1.165, 1.54) is 0 Å². The number of nitro groups is 1. The van der Waals surface area contributed by atoms with Crippen LogP contribution in [0.5, 0.6) is 0 Å². The molecule has 0 saturated carbocycles. The number of ether oxygens (including phenoxy) is 1. The number of carbonyl (C=O) groups excluding carboxylic acids is 1. The first-order valence-electron chi connectivity index (χ1n) is 4.07. The largest absolute Gasteiger partial charge is 0.465 e. The van der Waals surface area contributed by atoms with Gasteiger partial charge in [0.1, 0.15) is 11.8 Å². The molecule has 0 bridgehead atoms. The zero-order valence-electron chi connectivity index (χ0n) is 8.26. The quantitative estimate of drug-likeness (QED) is 0.342. The first-order chi connectivity index (χ1) is 7.51. The summed E-state index contributed by atoms with van der Waals surface area (Å²) >= 11 is 0. The smallest absolute Gasteiger partial charge is 0.339 e. The van der Waals surface area contributed by atoms with Gasteiger partial charge < -0.3 is 10.5 Å². The molecule has 0 aliphatic rings. The number of nitriles is 1. The van der Waals surface area contributed by atoms with Gasteiger partial charge in [-0.05, 0) is 6.07 Å². The third kappa shape index (κ3) is 1.90. The van der Waals surface area contributed by atoms with Crippen LogP contribution in [0.15, 0.2) is 12.1 Å². The zero-order valence-corrected chi connectivity index (χ0v) is 8.26. The molecule has 0 amide bonds. The third-order valence-corrected chi connectivity index (χ3v) is 1.89. The van der Waals surface area contributed by atoms with E-state index >= 15 is 0 Å². The molecule has 16 heavy (non-hydrogen) atoms. The van der Waals surface area contributed by atoms with E-state index in [1.54, 1.807) is 6.07 Å². The van der Waals surface area contributed by atoms with E-state index in [9.17, 15) is 14.9 Å². The van der Waals surface area contributed by atoms with Crippen molar-refractivity contribution in [3.8, 4) is 6.07 Å². The van der Waals surface area contributed by atoms with Crippen molar-refractivity contribution in [1.82, 2.24) is 0 Å². The lowest BCUT2D eigenvalue weighted by atomic mass is 10.1. The number of nitro benzene ring substituents is 1. The Kier molecular flexibility index (Phi) is 3.06. The standard InChI is InChI=1S/C9H7N3O4/c1-16-9(13)6-3-7(11)8(12(14)15)2-5(6)4-10/h2-3H,11H2,1H3. The van der Waals surface area contributed by atoms with E-state index in [-0.39, 0.29) is 16.8 Å². The van der Waals surface area contributed by atoms with Crippen molar-refractivity contribution >= 4 is 17.3 Å². The number of nitrogens with two attached hydrogens (primary N) is 1. The normalized spacial score (nSPS) is 9.25. The van der Waals surface area contributed by atoms with Gasteiger partial charge in [0.15, 0.2) is 0 Å². The molecule has 0 heterocycles. The summed E-state index contributed by atoms with van der Waals surface area (Å²) in [5.74, 6) is -0.766. The van der Waals surface area contributed by atoms with Crippen LogP contribution < -0.4 is 5.73 Å². The zero-order chi connectivity index (χ0) is 12.3. The number of benzene rings is 1. The van der Waals surface area contributed by atoms with Gasteiger partial charge >= 0.3 is 5.97 Å². The maximum absolute atomic E-state index is 11.2. The average molecular weight is 221 g/mol. The summed E-state index contributed by atoms with van der Waals surface area (Å²) in [6.07, 6.45) is 0. The summed E-state index contributed by atoms with van der Waals surface area (Å²) in [6, 6.07) is 3.68. The van der Waals surface area contributed by atoms with Crippen molar-refractivity contribution in [2.45, 2.75) is 0 Å². The fourth-order valence-corrected chi connectivity index (χ4v) is 1.13. The van der Waals surface area contributed by atoms with Crippen molar-refractivity contribution in [2.24, 2.45) is 0 Å². The maximum Gasteiger partial charge on any atom is 0.339 e. The Morgan fingerprint density at radius 2 is 2.25 bits per heavy atom. The number of nitrogens with zero attached hydrogens (tertiary/aromatic N) is 2. The molecule has 0 aliphatic heterocycles. The first-order valence-corrected chi connectivity index (χ1v) is 4.07. The van der Waals surface area contributed by atoms with Crippen LogP contribution in [0, 0.1) is 21.4 Å². The topological polar surface area (TPSA) is 119 Å². The van der Waals surface area contributed by atoms with Gasteiger partial charge in [0, 0.05) is 6.07 Å². The van der Waals surface area contributed by atoms with Crippen molar-refractivity contribution in [2.75, 3.05) is 12.8 Å². The van der Waals surface area contributed by atoms with Gasteiger partial charge in [-0.3, -0.25) is 10.1 Å². The summed E-state index contributed by atoms with van der Waals surface area (Å²) in [6.45, 7) is 0. The Balaban J connectivity index is 3.45. The van der Waals surface area contributed by atoms with E-state index in [4.69, 9.17) is 11.0 Å². The van der Waals surface area contributed by atoms with Gasteiger partial charge in [-0.1, -0.05) is 0 Å². The van der Waals surface area contributed by atoms with E-state index in [2.05, 4.69) is 4.74 Å². The summed E-state index contributed by atoms with van der Waals surface area (Å²) in [4.78, 5) is 21.0. The molecule has 0 aromatic heterocycles. The predicted octanol–water partition coefficient (Wildman–Crippen LogP) is 0.835. The van der Waals surface area contributed by atoms with Crippen molar-refractivity contribution in [1.29, 1.82) is 5.26 Å². The molecule has 0 radical (unpaired) electrons. The molecule has 2 N–H and O–H groups in total. The molecule has 0 saturated heterocycles. The highest BCUT2D eigenvalue weighted by atomic mass is 16.6. The predicted molar refractivity (Wildman–Crippen MR) is 53.6 cm³/mol. The molecule has 1 rings (SSSR count). The van der Waals surface area contributed by atoms with E-state index in [1.807, 2.05) is 0 Å². The van der Waals surface area contributed by atoms with Crippen LogP contribution in [0.3, 0.4) is 0 Å². The second-order valence-electron chi connectivity index (χ2n) is 2.82. The molecule has 0 unspecified atom stereocenters. The monoisotopic (exact) mass is 221 g/mol. The number of carbonyl (C=O) groups is 1. The van der Waals surface area contributed by atoms with Crippen LogP contribution in [0.2, 0.25) is 0 Å². The number of methoxy groups -OCH3 is 1. The van der Waals surface area contributed by atoms with Crippen molar-refractivity contribution in [3.63, 3.8) is 0 Å². The Morgan fingerprint density at radius 1 is 1.62 bits per heavy atom. The molecule has 0 spiro atoms. The molecule has 7 nitrogen and oxygen atoms in total. The lowest BCUT2D eigenvalue weighted by molar-refractivity contribution is -0.383. The van der Waals surface area contributed by atoms with Crippen molar-refractivity contribution < 1.29 is 14.5 Å². The Morgan fingerprint density at radius 3 is 2.69 bits per heavy atom. The molecule has 0 atom stereocenters. The highest BCUT2D eigenvalue weighted by Crippen LogP contribution is 2.25. The minimum absolute atomic E-state index is 0.0897. The second kappa shape index (κ2) is 4.27. The van der Waals surface area contributed by atoms with Crippen molar-refractivity contribution in [3.05, 3.63) is 33.4 Å². The van der Waals surface area contributed by atoms with Gasteiger partial charge in [0.25, 0.3) is 5.69 Å². The van der Waals surface area contributed by atoms with Crippen LogP contribution in [0.25, 0.3) is 0 Å². The third-order valence-electron chi connectivity index (χ3n) is 1.89.